The highest BCUT2D eigenvalue weighted by atomic mass is 35.5. The number of hydrogen-bond donors (Lipinski definition) is 1. The molecule has 1 N–H and O–H groups in total. The number of benzene rings is 2. The molecule has 0 saturated heterocycles. The van der Waals surface area contributed by atoms with Crippen LogP contribution in [-0.2, 0) is 0 Å². The van der Waals surface area contributed by atoms with Gasteiger partial charge in [-0.1, -0.05) is 59.1 Å². The average molecular weight is 344 g/mol. The number of hydrogen-bond acceptors (Lipinski definition) is 1. The molecule has 3 heteroatoms. The molecule has 1 nitrogen and oxygen atoms in total. The van der Waals surface area contributed by atoms with E-state index in [4.69, 9.17) is 23.2 Å². The van der Waals surface area contributed by atoms with Crippen molar-refractivity contribution in [2.75, 3.05) is 5.32 Å². The first-order valence-electron chi connectivity index (χ1n) is 8.04. The van der Waals surface area contributed by atoms with Gasteiger partial charge in [0.2, 0.25) is 0 Å². The number of rotatable bonds is 1. The molecule has 2 aromatic carbocycles. The molecule has 0 amide bonds. The van der Waals surface area contributed by atoms with Gasteiger partial charge in [0.05, 0.1) is 16.8 Å². The smallest absolute Gasteiger partial charge is 0.0655 e. The van der Waals surface area contributed by atoms with Crippen LogP contribution in [0, 0.1) is 19.8 Å². The molecule has 0 aromatic heterocycles. The minimum absolute atomic E-state index is 0.279. The summed E-state index contributed by atoms with van der Waals surface area (Å²) in [6.45, 7) is 4.34. The molecule has 4 rings (SSSR count). The molecule has 0 bridgehead atoms. The zero-order valence-corrected chi connectivity index (χ0v) is 14.7. The minimum Gasteiger partial charge on any atom is -0.376 e. The molecule has 0 fully saturated rings. The fraction of sp³-hybridized carbons (Fsp3) is 0.300. The van der Waals surface area contributed by atoms with E-state index in [-0.39, 0.29) is 6.04 Å². The Balaban J connectivity index is 1.86. The van der Waals surface area contributed by atoms with Gasteiger partial charge in [-0.15, -0.1) is 0 Å². The van der Waals surface area contributed by atoms with Gasteiger partial charge in [-0.05, 0) is 55.0 Å². The fourth-order valence-corrected chi connectivity index (χ4v) is 4.59. The van der Waals surface area contributed by atoms with Crippen LogP contribution in [-0.4, -0.2) is 0 Å². The van der Waals surface area contributed by atoms with Crippen LogP contribution in [0.15, 0.2) is 42.5 Å². The maximum Gasteiger partial charge on any atom is 0.0655 e. The fourth-order valence-electron chi connectivity index (χ4n) is 4.02. The van der Waals surface area contributed by atoms with E-state index in [1.165, 1.54) is 22.3 Å². The van der Waals surface area contributed by atoms with Crippen LogP contribution in [0.2, 0.25) is 10.0 Å². The third-order valence-electron chi connectivity index (χ3n) is 5.16. The molecule has 118 valence electrons. The first-order valence-corrected chi connectivity index (χ1v) is 8.79. The van der Waals surface area contributed by atoms with Gasteiger partial charge < -0.3 is 5.32 Å². The second kappa shape index (κ2) is 5.58. The number of aryl methyl sites for hydroxylation is 2. The third kappa shape index (κ3) is 2.47. The highest BCUT2D eigenvalue weighted by molar-refractivity contribution is 6.36. The lowest BCUT2D eigenvalue weighted by Gasteiger charge is -2.38. The molecule has 0 spiro atoms. The Bertz CT molecular complexity index is 810. The van der Waals surface area contributed by atoms with Crippen molar-refractivity contribution in [2.45, 2.75) is 32.2 Å². The van der Waals surface area contributed by atoms with Crippen LogP contribution in [0.25, 0.3) is 0 Å². The second-order valence-electron chi connectivity index (χ2n) is 6.69. The van der Waals surface area contributed by atoms with Crippen LogP contribution < -0.4 is 5.32 Å². The van der Waals surface area contributed by atoms with Gasteiger partial charge >= 0.3 is 0 Å². The van der Waals surface area contributed by atoms with Crippen molar-refractivity contribution < 1.29 is 0 Å². The van der Waals surface area contributed by atoms with E-state index in [9.17, 15) is 0 Å². The summed E-state index contributed by atoms with van der Waals surface area (Å²) in [5.41, 5.74) is 6.26. The highest BCUT2D eigenvalue weighted by Gasteiger charge is 2.39. The molecule has 2 aromatic rings. The number of anilines is 1. The van der Waals surface area contributed by atoms with Crippen LogP contribution in [0.3, 0.4) is 0 Å². The molecule has 1 aliphatic carbocycles. The van der Waals surface area contributed by atoms with Crippen molar-refractivity contribution in [1.82, 2.24) is 0 Å². The normalized spacial score (nSPS) is 25.0. The van der Waals surface area contributed by atoms with Crippen molar-refractivity contribution >= 4 is 28.9 Å². The zero-order chi connectivity index (χ0) is 16.1. The Morgan fingerprint density at radius 3 is 2.70 bits per heavy atom. The van der Waals surface area contributed by atoms with E-state index >= 15 is 0 Å². The lowest BCUT2D eigenvalue weighted by molar-refractivity contribution is 0.424. The van der Waals surface area contributed by atoms with Gasteiger partial charge in [0.1, 0.15) is 0 Å². The Hall–Kier alpha value is -1.44. The summed E-state index contributed by atoms with van der Waals surface area (Å²) >= 11 is 12.7. The summed E-state index contributed by atoms with van der Waals surface area (Å²) in [6, 6.07) is 10.9. The van der Waals surface area contributed by atoms with Crippen molar-refractivity contribution in [3.63, 3.8) is 0 Å². The minimum atomic E-state index is 0.279. The number of fused-ring (bicyclic) bond motifs is 3. The van der Waals surface area contributed by atoms with Gasteiger partial charge in [0, 0.05) is 10.9 Å². The molecular weight excluding hydrogens is 325 g/mol. The van der Waals surface area contributed by atoms with E-state index in [1.54, 1.807) is 0 Å². The van der Waals surface area contributed by atoms with Crippen LogP contribution in [0.1, 0.15) is 40.6 Å². The predicted molar refractivity (Wildman–Crippen MR) is 98.7 cm³/mol. The lowest BCUT2D eigenvalue weighted by atomic mass is 9.76. The Kier molecular flexibility index (Phi) is 3.66. The van der Waals surface area contributed by atoms with Crippen molar-refractivity contribution in [3.05, 3.63) is 74.8 Å². The van der Waals surface area contributed by atoms with Crippen molar-refractivity contribution in [2.24, 2.45) is 5.92 Å². The molecule has 0 unspecified atom stereocenters. The molecule has 23 heavy (non-hydrogen) atoms. The largest absolute Gasteiger partial charge is 0.376 e. The molecule has 0 saturated carbocycles. The zero-order valence-electron chi connectivity index (χ0n) is 13.2. The maximum atomic E-state index is 6.49. The molecule has 3 atom stereocenters. The van der Waals surface area contributed by atoms with Crippen LogP contribution in [0.5, 0.6) is 0 Å². The highest BCUT2D eigenvalue weighted by Crippen LogP contribution is 2.52. The summed E-state index contributed by atoms with van der Waals surface area (Å²) in [7, 11) is 0. The summed E-state index contributed by atoms with van der Waals surface area (Å²) in [4.78, 5) is 0. The number of halogens is 2. The van der Waals surface area contributed by atoms with Crippen molar-refractivity contribution in [1.29, 1.82) is 0 Å². The molecule has 1 aliphatic heterocycles. The summed E-state index contributed by atoms with van der Waals surface area (Å²) in [5.74, 6) is 0.893. The molecule has 1 heterocycles. The standard InChI is InChI=1S/C20H19Cl2N/c1-11-6-7-12(2)16(8-11)19-15-5-3-4-14(15)17-9-13(21)10-18(22)20(17)23-19/h3-4,6-10,14-15,19,23H,5H2,1-2H3/t14-,15+,19-/m1/s1. The molecule has 0 radical (unpaired) electrons. The maximum absolute atomic E-state index is 6.49. The summed E-state index contributed by atoms with van der Waals surface area (Å²) in [6.07, 6.45) is 5.69. The SMILES string of the molecule is Cc1ccc(C)c([C@@H]2Nc3c(Cl)cc(Cl)cc3[C@@H]3C=CC[C@@H]32)c1. The van der Waals surface area contributed by atoms with E-state index in [2.05, 4.69) is 55.6 Å². The van der Waals surface area contributed by atoms with E-state index in [0.29, 0.717) is 21.9 Å². The van der Waals surface area contributed by atoms with Crippen molar-refractivity contribution in [3.8, 4) is 0 Å². The van der Waals surface area contributed by atoms with E-state index in [1.807, 2.05) is 6.07 Å². The predicted octanol–water partition coefficient (Wildman–Crippen LogP) is 6.44. The monoisotopic (exact) mass is 343 g/mol. The van der Waals surface area contributed by atoms with Crippen LogP contribution >= 0.6 is 23.2 Å². The molecule has 2 aliphatic rings. The first kappa shape index (κ1) is 15.1. The van der Waals surface area contributed by atoms with Crippen LogP contribution in [0.4, 0.5) is 5.69 Å². The average Bonchev–Trinajstić information content (AvgIpc) is 2.99. The lowest BCUT2D eigenvalue weighted by Crippen LogP contribution is -2.29. The number of nitrogens with one attached hydrogen (secondary N) is 1. The summed E-state index contributed by atoms with van der Waals surface area (Å²) < 4.78 is 0. The van der Waals surface area contributed by atoms with E-state index < -0.39 is 0 Å². The third-order valence-corrected chi connectivity index (χ3v) is 5.67. The Morgan fingerprint density at radius 1 is 1.04 bits per heavy atom. The van der Waals surface area contributed by atoms with E-state index in [0.717, 1.165) is 12.1 Å². The van der Waals surface area contributed by atoms with Gasteiger partial charge in [-0.2, -0.15) is 0 Å². The van der Waals surface area contributed by atoms with Gasteiger partial charge in [-0.25, -0.2) is 0 Å². The van der Waals surface area contributed by atoms with Gasteiger partial charge in [0.25, 0.3) is 0 Å². The van der Waals surface area contributed by atoms with Gasteiger partial charge in [-0.3, -0.25) is 0 Å². The Labute approximate surface area is 147 Å². The Morgan fingerprint density at radius 2 is 1.87 bits per heavy atom. The second-order valence-corrected chi connectivity index (χ2v) is 7.53. The summed E-state index contributed by atoms with van der Waals surface area (Å²) in [5, 5.41) is 5.14. The quantitative estimate of drug-likeness (QED) is 0.587. The molecular formula is C20H19Cl2N. The first-order chi connectivity index (χ1) is 11.0. The number of allylic oxidation sites excluding steroid dienone is 2. The van der Waals surface area contributed by atoms with Gasteiger partial charge in [0.15, 0.2) is 0 Å². The topological polar surface area (TPSA) is 12.0 Å².